The molecule has 0 unspecified atom stereocenters. The molecule has 1 heterocycles. The minimum atomic E-state index is -0.132. The zero-order valence-corrected chi connectivity index (χ0v) is 17.8. The normalized spacial score (nSPS) is 10.6. The van der Waals surface area contributed by atoms with Gasteiger partial charge in [0.25, 0.3) is 0 Å². The number of para-hydroxylation sites is 2. The van der Waals surface area contributed by atoms with Gasteiger partial charge in [0.15, 0.2) is 0 Å². The Labute approximate surface area is 179 Å². The van der Waals surface area contributed by atoms with Crippen molar-refractivity contribution in [1.29, 1.82) is 0 Å². The first-order chi connectivity index (χ1) is 14.1. The standard InChI is InChI=1S/C22H23ClN2O3S/c1-2-3-12-27-20-7-5-4-6-19(20)25-21(26)13-17-15-29-22(24-17)14-28-18-10-8-16(23)9-11-18/h4-11,15H,2-3,12-14H2,1H3,(H,25,26). The van der Waals surface area contributed by atoms with E-state index in [1.807, 2.05) is 41.8 Å². The van der Waals surface area contributed by atoms with Gasteiger partial charge in [0.05, 0.1) is 24.4 Å². The van der Waals surface area contributed by atoms with Gasteiger partial charge in [-0.25, -0.2) is 4.98 Å². The van der Waals surface area contributed by atoms with Crippen LogP contribution in [-0.4, -0.2) is 17.5 Å². The van der Waals surface area contributed by atoms with Gasteiger partial charge in [0, 0.05) is 10.4 Å². The fourth-order valence-electron chi connectivity index (χ4n) is 2.55. The van der Waals surface area contributed by atoms with E-state index in [1.165, 1.54) is 11.3 Å². The lowest BCUT2D eigenvalue weighted by Gasteiger charge is -2.11. The van der Waals surface area contributed by atoms with Crippen LogP contribution in [0.4, 0.5) is 5.69 Å². The molecule has 1 N–H and O–H groups in total. The third-order valence-corrected chi connectivity index (χ3v) is 5.16. The molecule has 1 aromatic heterocycles. The van der Waals surface area contributed by atoms with E-state index >= 15 is 0 Å². The molecule has 2 aromatic carbocycles. The monoisotopic (exact) mass is 430 g/mol. The highest BCUT2D eigenvalue weighted by Gasteiger charge is 2.11. The predicted molar refractivity (Wildman–Crippen MR) is 117 cm³/mol. The van der Waals surface area contributed by atoms with E-state index < -0.39 is 0 Å². The lowest BCUT2D eigenvalue weighted by molar-refractivity contribution is -0.115. The Morgan fingerprint density at radius 3 is 2.72 bits per heavy atom. The van der Waals surface area contributed by atoms with Gasteiger partial charge in [-0.1, -0.05) is 37.1 Å². The zero-order valence-electron chi connectivity index (χ0n) is 16.2. The Kier molecular flexibility index (Phi) is 7.90. The molecule has 0 saturated carbocycles. The van der Waals surface area contributed by atoms with Crippen LogP contribution in [0.2, 0.25) is 5.02 Å². The number of nitrogens with zero attached hydrogens (tertiary/aromatic N) is 1. The topological polar surface area (TPSA) is 60.5 Å². The molecule has 0 bridgehead atoms. The van der Waals surface area contributed by atoms with Gasteiger partial charge in [-0.15, -0.1) is 11.3 Å². The quantitative estimate of drug-likeness (QED) is 0.417. The second kappa shape index (κ2) is 10.8. The Morgan fingerprint density at radius 2 is 1.93 bits per heavy atom. The van der Waals surface area contributed by atoms with Crippen LogP contribution >= 0.6 is 22.9 Å². The average molecular weight is 431 g/mol. The molecule has 0 aliphatic heterocycles. The van der Waals surface area contributed by atoms with E-state index in [9.17, 15) is 4.79 Å². The third kappa shape index (κ3) is 6.76. The summed E-state index contributed by atoms with van der Waals surface area (Å²) in [5.41, 5.74) is 1.39. The van der Waals surface area contributed by atoms with Gasteiger partial charge in [-0.3, -0.25) is 4.79 Å². The van der Waals surface area contributed by atoms with Crippen molar-refractivity contribution >= 4 is 34.5 Å². The molecule has 7 heteroatoms. The Bertz CT molecular complexity index is 928. The Morgan fingerprint density at radius 1 is 1.14 bits per heavy atom. The number of rotatable bonds is 10. The lowest BCUT2D eigenvalue weighted by atomic mass is 10.2. The predicted octanol–water partition coefficient (Wildman–Crippen LogP) is 5.74. The molecule has 3 rings (SSSR count). The highest BCUT2D eigenvalue weighted by Crippen LogP contribution is 2.24. The molecule has 0 spiro atoms. The van der Waals surface area contributed by atoms with Crippen molar-refractivity contribution in [3.63, 3.8) is 0 Å². The van der Waals surface area contributed by atoms with Gasteiger partial charge < -0.3 is 14.8 Å². The van der Waals surface area contributed by atoms with Gasteiger partial charge in [0.1, 0.15) is 23.1 Å². The summed E-state index contributed by atoms with van der Waals surface area (Å²) in [5.74, 6) is 1.28. The largest absolute Gasteiger partial charge is 0.491 e. The van der Waals surface area contributed by atoms with E-state index in [2.05, 4.69) is 17.2 Å². The van der Waals surface area contributed by atoms with Crippen molar-refractivity contribution < 1.29 is 14.3 Å². The van der Waals surface area contributed by atoms with E-state index in [0.29, 0.717) is 35.4 Å². The summed E-state index contributed by atoms with van der Waals surface area (Å²) in [6, 6.07) is 14.6. The van der Waals surface area contributed by atoms with Crippen LogP contribution in [0, 0.1) is 0 Å². The number of halogens is 1. The molecule has 0 atom stereocenters. The summed E-state index contributed by atoms with van der Waals surface area (Å²) in [4.78, 5) is 16.9. The number of nitrogens with one attached hydrogen (secondary N) is 1. The van der Waals surface area contributed by atoms with Crippen molar-refractivity contribution in [3.8, 4) is 11.5 Å². The van der Waals surface area contributed by atoms with E-state index in [0.717, 1.165) is 23.6 Å². The summed E-state index contributed by atoms with van der Waals surface area (Å²) in [5, 5.41) is 6.27. The van der Waals surface area contributed by atoms with Crippen LogP contribution in [0.1, 0.15) is 30.5 Å². The fraction of sp³-hybridized carbons (Fsp3) is 0.273. The summed E-state index contributed by atoms with van der Waals surface area (Å²) < 4.78 is 11.5. The van der Waals surface area contributed by atoms with Crippen LogP contribution in [-0.2, 0) is 17.8 Å². The Hall–Kier alpha value is -2.57. The minimum Gasteiger partial charge on any atom is -0.491 e. The maximum Gasteiger partial charge on any atom is 0.230 e. The van der Waals surface area contributed by atoms with Crippen LogP contribution in [0.3, 0.4) is 0 Å². The number of hydrogen-bond donors (Lipinski definition) is 1. The van der Waals surface area contributed by atoms with Gasteiger partial charge in [-0.05, 0) is 42.8 Å². The molecule has 1 amide bonds. The highest BCUT2D eigenvalue weighted by molar-refractivity contribution is 7.09. The molecule has 0 aliphatic rings. The highest BCUT2D eigenvalue weighted by atomic mass is 35.5. The second-order valence-electron chi connectivity index (χ2n) is 6.40. The lowest BCUT2D eigenvalue weighted by Crippen LogP contribution is -2.15. The second-order valence-corrected chi connectivity index (χ2v) is 7.78. The first-order valence-electron chi connectivity index (χ1n) is 9.47. The van der Waals surface area contributed by atoms with Crippen molar-refractivity contribution in [1.82, 2.24) is 4.98 Å². The van der Waals surface area contributed by atoms with Gasteiger partial charge in [-0.2, -0.15) is 0 Å². The first-order valence-corrected chi connectivity index (χ1v) is 10.7. The molecule has 0 radical (unpaired) electrons. The summed E-state index contributed by atoms with van der Waals surface area (Å²) in [7, 11) is 0. The molecule has 0 aliphatic carbocycles. The van der Waals surface area contributed by atoms with E-state index in [4.69, 9.17) is 21.1 Å². The number of carbonyl (C=O) groups is 1. The molecule has 29 heavy (non-hydrogen) atoms. The number of aromatic nitrogens is 1. The van der Waals surface area contributed by atoms with Crippen LogP contribution in [0.25, 0.3) is 0 Å². The maximum absolute atomic E-state index is 12.4. The molecule has 0 saturated heterocycles. The van der Waals surface area contributed by atoms with E-state index in [-0.39, 0.29) is 12.3 Å². The number of ether oxygens (including phenoxy) is 2. The number of thiazole rings is 1. The van der Waals surface area contributed by atoms with Crippen LogP contribution in [0.5, 0.6) is 11.5 Å². The zero-order chi connectivity index (χ0) is 20.5. The van der Waals surface area contributed by atoms with Crippen LogP contribution < -0.4 is 14.8 Å². The molecule has 152 valence electrons. The molecule has 3 aromatic rings. The summed E-state index contributed by atoms with van der Waals surface area (Å²) >= 11 is 7.34. The number of unbranched alkanes of at least 4 members (excludes halogenated alkanes) is 1. The molecule has 0 fully saturated rings. The SMILES string of the molecule is CCCCOc1ccccc1NC(=O)Cc1csc(COc2ccc(Cl)cc2)n1. The number of anilines is 1. The van der Waals surface area contributed by atoms with Gasteiger partial charge in [0.2, 0.25) is 5.91 Å². The van der Waals surface area contributed by atoms with Crippen molar-refractivity contribution in [2.45, 2.75) is 32.8 Å². The number of hydrogen-bond acceptors (Lipinski definition) is 5. The maximum atomic E-state index is 12.4. The summed E-state index contributed by atoms with van der Waals surface area (Å²) in [6.45, 7) is 3.09. The van der Waals surface area contributed by atoms with E-state index in [1.54, 1.807) is 12.1 Å². The molecule has 5 nitrogen and oxygen atoms in total. The van der Waals surface area contributed by atoms with Crippen molar-refractivity contribution in [2.75, 3.05) is 11.9 Å². The van der Waals surface area contributed by atoms with Crippen LogP contribution in [0.15, 0.2) is 53.9 Å². The van der Waals surface area contributed by atoms with Gasteiger partial charge >= 0.3 is 0 Å². The smallest absolute Gasteiger partial charge is 0.230 e. The summed E-state index contributed by atoms with van der Waals surface area (Å²) in [6.07, 6.45) is 2.23. The molecular formula is C22H23ClN2O3S. The fourth-order valence-corrected chi connectivity index (χ4v) is 3.38. The minimum absolute atomic E-state index is 0.132. The Balaban J connectivity index is 1.52. The third-order valence-electron chi connectivity index (χ3n) is 4.03. The number of carbonyl (C=O) groups excluding carboxylic acids is 1. The first kappa shape index (κ1) is 21.1. The average Bonchev–Trinajstić information content (AvgIpc) is 3.16. The molecular weight excluding hydrogens is 408 g/mol. The van der Waals surface area contributed by atoms with Crippen molar-refractivity contribution in [2.24, 2.45) is 0 Å². The number of benzene rings is 2. The number of amides is 1. The van der Waals surface area contributed by atoms with Crippen molar-refractivity contribution in [3.05, 3.63) is 69.6 Å².